The highest BCUT2D eigenvalue weighted by Crippen LogP contribution is 2.38. The Morgan fingerprint density at radius 2 is 0.949 bits per heavy atom. The minimum absolute atomic E-state index is 1.11. The summed E-state index contributed by atoms with van der Waals surface area (Å²) >= 11 is 0. The third-order valence-electron chi connectivity index (χ3n) is 6.90. The van der Waals surface area contributed by atoms with Crippen LogP contribution in [0.4, 0.5) is 17.1 Å². The predicted octanol–water partition coefficient (Wildman–Crippen LogP) is 11.2. The Hall–Kier alpha value is -4.62. The standard InChI is InChI=1S/C36H29N.C2H6/c1-4-11-28(12-5-1)31-19-23-34(24-20-31)37(35-25-21-32(22-26-35)29-13-6-2-7-14-29)36-18-10-17-33(27-36)30-15-8-3-9-16-30;1-2/h1,3-6,8-27H,2,7H2;1-2H3. The molecule has 0 radical (unpaired) electrons. The van der Waals surface area contributed by atoms with E-state index in [1.807, 2.05) is 13.8 Å². The van der Waals surface area contributed by atoms with Gasteiger partial charge >= 0.3 is 0 Å². The van der Waals surface area contributed by atoms with Crippen LogP contribution < -0.4 is 4.90 Å². The van der Waals surface area contributed by atoms with E-state index in [4.69, 9.17) is 0 Å². The van der Waals surface area contributed by atoms with Crippen LogP contribution in [0, 0.1) is 0 Å². The molecule has 5 aromatic rings. The Labute approximate surface area is 233 Å². The van der Waals surface area contributed by atoms with E-state index in [0.29, 0.717) is 0 Å². The van der Waals surface area contributed by atoms with E-state index in [1.54, 1.807) is 0 Å². The molecule has 0 unspecified atom stereocenters. The van der Waals surface area contributed by atoms with Crippen molar-refractivity contribution in [2.75, 3.05) is 4.90 Å². The number of anilines is 3. The Morgan fingerprint density at radius 1 is 0.436 bits per heavy atom. The SMILES string of the molecule is C1=CC(c2ccc(N(c3ccc(-c4ccccc4)cc3)c3cccc(-c4ccccc4)c3)cc2)=CCC1.CC. The molecule has 0 heterocycles. The Morgan fingerprint density at radius 3 is 1.51 bits per heavy atom. The van der Waals surface area contributed by atoms with Crippen LogP contribution in [0.15, 0.2) is 152 Å². The summed E-state index contributed by atoms with van der Waals surface area (Å²) in [6, 6.07) is 47.7. The van der Waals surface area contributed by atoms with Gasteiger partial charge in [0.1, 0.15) is 0 Å². The largest absolute Gasteiger partial charge is 0.310 e. The summed E-state index contributed by atoms with van der Waals surface area (Å²) in [5, 5.41) is 0. The van der Waals surface area contributed by atoms with Crippen molar-refractivity contribution in [3.8, 4) is 22.3 Å². The number of rotatable bonds is 6. The molecule has 1 heteroatoms. The van der Waals surface area contributed by atoms with Gasteiger partial charge in [0.15, 0.2) is 0 Å². The van der Waals surface area contributed by atoms with E-state index in [-0.39, 0.29) is 0 Å². The van der Waals surface area contributed by atoms with Crippen LogP contribution in [0.5, 0.6) is 0 Å². The van der Waals surface area contributed by atoms with Crippen molar-refractivity contribution in [2.24, 2.45) is 0 Å². The molecule has 0 fully saturated rings. The van der Waals surface area contributed by atoms with Crippen LogP contribution in [0.25, 0.3) is 27.8 Å². The van der Waals surface area contributed by atoms with Crippen molar-refractivity contribution in [1.82, 2.24) is 0 Å². The van der Waals surface area contributed by atoms with Gasteiger partial charge in [-0.15, -0.1) is 0 Å². The van der Waals surface area contributed by atoms with Gasteiger partial charge < -0.3 is 4.90 Å². The maximum absolute atomic E-state index is 2.34. The van der Waals surface area contributed by atoms with Gasteiger partial charge in [-0.25, -0.2) is 0 Å². The van der Waals surface area contributed by atoms with Gasteiger partial charge in [0.05, 0.1) is 0 Å². The Kier molecular flexibility index (Phi) is 8.51. The molecule has 0 aromatic heterocycles. The number of nitrogens with zero attached hydrogens (tertiary/aromatic N) is 1. The topological polar surface area (TPSA) is 3.24 Å². The highest BCUT2D eigenvalue weighted by Gasteiger charge is 2.14. The van der Waals surface area contributed by atoms with Crippen molar-refractivity contribution in [2.45, 2.75) is 26.7 Å². The predicted molar refractivity (Wildman–Crippen MR) is 170 cm³/mol. The molecule has 1 nitrogen and oxygen atoms in total. The van der Waals surface area contributed by atoms with Crippen LogP contribution in [-0.4, -0.2) is 0 Å². The molecule has 0 amide bonds. The minimum atomic E-state index is 1.11. The van der Waals surface area contributed by atoms with Crippen molar-refractivity contribution >= 4 is 22.6 Å². The van der Waals surface area contributed by atoms with E-state index in [1.165, 1.54) is 33.4 Å². The lowest BCUT2D eigenvalue weighted by atomic mass is 9.99. The number of allylic oxidation sites excluding steroid dienone is 4. The van der Waals surface area contributed by atoms with Crippen molar-refractivity contribution < 1.29 is 0 Å². The van der Waals surface area contributed by atoms with Crippen molar-refractivity contribution in [3.63, 3.8) is 0 Å². The minimum Gasteiger partial charge on any atom is -0.310 e. The first-order chi connectivity index (χ1) is 19.3. The number of hydrogen-bond acceptors (Lipinski definition) is 1. The van der Waals surface area contributed by atoms with Gasteiger partial charge in [-0.2, -0.15) is 0 Å². The van der Waals surface area contributed by atoms with E-state index in [0.717, 1.165) is 29.9 Å². The van der Waals surface area contributed by atoms with E-state index in [9.17, 15) is 0 Å². The molecule has 0 saturated heterocycles. The van der Waals surface area contributed by atoms with Gasteiger partial charge in [0.25, 0.3) is 0 Å². The molecule has 6 rings (SSSR count). The fourth-order valence-corrected chi connectivity index (χ4v) is 4.97. The third kappa shape index (κ3) is 6.10. The fraction of sp³-hybridized carbons (Fsp3) is 0.105. The molecular weight excluding hydrogens is 470 g/mol. The summed E-state index contributed by atoms with van der Waals surface area (Å²) in [7, 11) is 0. The lowest BCUT2D eigenvalue weighted by molar-refractivity contribution is 1.04. The molecule has 1 aliphatic carbocycles. The van der Waals surface area contributed by atoms with Crippen molar-refractivity contribution in [1.29, 1.82) is 0 Å². The van der Waals surface area contributed by atoms with Crippen molar-refractivity contribution in [3.05, 3.63) is 157 Å². The summed E-state index contributed by atoms with van der Waals surface area (Å²) < 4.78 is 0. The summed E-state index contributed by atoms with van der Waals surface area (Å²) in [4.78, 5) is 2.34. The Balaban J connectivity index is 0.00000151. The molecule has 0 atom stereocenters. The lowest BCUT2D eigenvalue weighted by Crippen LogP contribution is -2.10. The molecule has 0 bridgehead atoms. The van der Waals surface area contributed by atoms with Crippen LogP contribution in [-0.2, 0) is 0 Å². The zero-order valence-corrected chi connectivity index (χ0v) is 22.8. The fourth-order valence-electron chi connectivity index (χ4n) is 4.97. The van der Waals surface area contributed by atoms with Gasteiger partial charge in [-0.05, 0) is 82.6 Å². The summed E-state index contributed by atoms with van der Waals surface area (Å²) in [5.74, 6) is 0. The van der Waals surface area contributed by atoms with Crippen LogP contribution >= 0.6 is 0 Å². The first-order valence-electron chi connectivity index (χ1n) is 13.9. The maximum atomic E-state index is 2.34. The number of hydrogen-bond donors (Lipinski definition) is 0. The average Bonchev–Trinajstić information content (AvgIpc) is 3.04. The van der Waals surface area contributed by atoms with Gasteiger partial charge in [0.2, 0.25) is 0 Å². The van der Waals surface area contributed by atoms with E-state index >= 15 is 0 Å². The first-order valence-corrected chi connectivity index (χ1v) is 13.9. The normalized spacial score (nSPS) is 12.2. The summed E-state index contributed by atoms with van der Waals surface area (Å²) in [5.41, 5.74) is 10.8. The molecule has 0 N–H and O–H groups in total. The van der Waals surface area contributed by atoms with E-state index < -0.39 is 0 Å². The lowest BCUT2D eigenvalue weighted by Gasteiger charge is -2.26. The quantitative estimate of drug-likeness (QED) is 0.222. The molecule has 1 aliphatic rings. The van der Waals surface area contributed by atoms with Crippen LogP contribution in [0.1, 0.15) is 32.3 Å². The summed E-state index contributed by atoms with van der Waals surface area (Å²) in [6.07, 6.45) is 9.07. The first kappa shape index (κ1) is 26.0. The molecule has 0 saturated carbocycles. The zero-order chi connectivity index (χ0) is 26.9. The highest BCUT2D eigenvalue weighted by atomic mass is 15.1. The summed E-state index contributed by atoms with van der Waals surface area (Å²) in [6.45, 7) is 4.00. The van der Waals surface area contributed by atoms with Gasteiger partial charge in [0, 0.05) is 17.1 Å². The van der Waals surface area contributed by atoms with Crippen LogP contribution in [0.3, 0.4) is 0 Å². The van der Waals surface area contributed by atoms with E-state index in [2.05, 4.69) is 157 Å². The Bertz CT molecular complexity index is 1530. The monoisotopic (exact) mass is 505 g/mol. The second-order valence-corrected chi connectivity index (χ2v) is 9.35. The molecule has 0 spiro atoms. The second kappa shape index (κ2) is 12.8. The molecule has 39 heavy (non-hydrogen) atoms. The second-order valence-electron chi connectivity index (χ2n) is 9.35. The van der Waals surface area contributed by atoms with Crippen LogP contribution in [0.2, 0.25) is 0 Å². The molecular formula is C38H35N. The molecule has 192 valence electrons. The molecule has 5 aromatic carbocycles. The average molecular weight is 506 g/mol. The molecule has 0 aliphatic heterocycles. The number of benzene rings is 5. The highest BCUT2D eigenvalue weighted by molar-refractivity contribution is 5.82. The van der Waals surface area contributed by atoms with Gasteiger partial charge in [-0.3, -0.25) is 0 Å². The maximum Gasteiger partial charge on any atom is 0.0467 e. The zero-order valence-electron chi connectivity index (χ0n) is 22.8. The van der Waals surface area contributed by atoms with Gasteiger partial charge in [-0.1, -0.05) is 129 Å². The smallest absolute Gasteiger partial charge is 0.0467 e. The third-order valence-corrected chi connectivity index (χ3v) is 6.90.